The molecule has 0 atom stereocenters. The van der Waals surface area contributed by atoms with Crippen LogP contribution in [-0.4, -0.2) is 32.4 Å². The molecule has 0 heterocycles. The molecule has 0 aromatic carbocycles. The molecule has 0 aliphatic carbocycles. The Hall–Kier alpha value is -0.936. The zero-order chi connectivity index (χ0) is 10.3. The van der Waals surface area contributed by atoms with Gasteiger partial charge < -0.3 is 14.2 Å². The maximum Gasteiger partial charge on any atom is 0.508 e. The number of esters is 1. The van der Waals surface area contributed by atoms with Crippen molar-refractivity contribution in [1.29, 1.82) is 0 Å². The molecule has 6 heteroatoms. The van der Waals surface area contributed by atoms with Crippen LogP contribution in [0, 0.1) is 0 Å². The summed E-state index contributed by atoms with van der Waals surface area (Å²) in [6.45, 7) is 4.89. The number of carbonyl (C=O) groups is 2. The van der Waals surface area contributed by atoms with Crippen LogP contribution in [0.25, 0.3) is 0 Å². The zero-order valence-corrected chi connectivity index (χ0v) is 9.51. The monoisotopic (exact) mass is 239 g/mol. The Labute approximate surface area is 94.3 Å². The first kappa shape index (κ1) is 15.5. The summed E-state index contributed by atoms with van der Waals surface area (Å²) >= 11 is 0. The van der Waals surface area contributed by atoms with E-state index in [0.29, 0.717) is 5.57 Å². The number of ether oxygens (including phenoxy) is 3. The first-order chi connectivity index (χ1) is 6.07. The van der Waals surface area contributed by atoms with Crippen molar-refractivity contribution in [3.05, 3.63) is 12.2 Å². The molecule has 0 aromatic rings. The second kappa shape index (κ2) is 8.65. The predicted octanol–water partition coefficient (Wildman–Crippen LogP) is 0.886. The van der Waals surface area contributed by atoms with Crippen molar-refractivity contribution in [3.63, 3.8) is 0 Å². The van der Waals surface area contributed by atoms with Crippen molar-refractivity contribution >= 4 is 12.1 Å². The number of hydrogen-bond acceptors (Lipinski definition) is 5. The van der Waals surface area contributed by atoms with E-state index in [1.165, 1.54) is 14.0 Å². The minimum absolute atomic E-state index is 0. The Balaban J connectivity index is 0. The van der Waals surface area contributed by atoms with Crippen LogP contribution >= 0.6 is 0 Å². The van der Waals surface area contributed by atoms with Gasteiger partial charge in [0.05, 0.1) is 7.11 Å². The Morgan fingerprint density at radius 2 is 1.71 bits per heavy atom. The SMILES string of the molecule is C=C(C)C(=O)OCCOC(=O)OC.[V]. The summed E-state index contributed by atoms with van der Waals surface area (Å²) in [5, 5.41) is 0. The maximum absolute atomic E-state index is 10.8. The van der Waals surface area contributed by atoms with Crippen LogP contribution in [0.1, 0.15) is 6.92 Å². The van der Waals surface area contributed by atoms with Crippen LogP contribution in [0.2, 0.25) is 0 Å². The quantitative estimate of drug-likeness (QED) is 0.414. The van der Waals surface area contributed by atoms with E-state index in [-0.39, 0.29) is 31.8 Å². The van der Waals surface area contributed by atoms with Crippen LogP contribution in [-0.2, 0) is 37.6 Å². The summed E-state index contributed by atoms with van der Waals surface area (Å²) in [7, 11) is 1.20. The van der Waals surface area contributed by atoms with Gasteiger partial charge in [-0.2, -0.15) is 0 Å². The van der Waals surface area contributed by atoms with Gasteiger partial charge >= 0.3 is 12.1 Å². The van der Waals surface area contributed by atoms with Gasteiger partial charge in [0.15, 0.2) is 0 Å². The van der Waals surface area contributed by atoms with E-state index in [1.807, 2.05) is 0 Å². The first-order valence-corrected chi connectivity index (χ1v) is 3.61. The van der Waals surface area contributed by atoms with Gasteiger partial charge in [-0.3, -0.25) is 0 Å². The first-order valence-electron chi connectivity index (χ1n) is 3.61. The van der Waals surface area contributed by atoms with Gasteiger partial charge in [0.25, 0.3) is 0 Å². The summed E-state index contributed by atoms with van der Waals surface area (Å²) in [5.74, 6) is -0.506. The van der Waals surface area contributed by atoms with Gasteiger partial charge in [0.2, 0.25) is 0 Å². The molecule has 5 nitrogen and oxygen atoms in total. The van der Waals surface area contributed by atoms with Gasteiger partial charge in [-0.15, -0.1) is 0 Å². The molecule has 0 fully saturated rings. The third-order valence-corrected chi connectivity index (χ3v) is 1.05. The molecule has 0 amide bonds. The molecule has 0 saturated carbocycles. The van der Waals surface area contributed by atoms with E-state index in [9.17, 15) is 9.59 Å². The topological polar surface area (TPSA) is 61.8 Å². The summed E-state index contributed by atoms with van der Waals surface area (Å²) in [6, 6.07) is 0. The van der Waals surface area contributed by atoms with Gasteiger partial charge in [-0.05, 0) is 6.92 Å². The molecule has 0 bridgehead atoms. The largest absolute Gasteiger partial charge is 0.508 e. The van der Waals surface area contributed by atoms with Crippen LogP contribution in [0.3, 0.4) is 0 Å². The van der Waals surface area contributed by atoms with E-state index < -0.39 is 12.1 Å². The normalized spacial score (nSPS) is 8.14. The van der Waals surface area contributed by atoms with Gasteiger partial charge in [0, 0.05) is 24.1 Å². The second-order valence-corrected chi connectivity index (χ2v) is 2.22. The summed E-state index contributed by atoms with van der Waals surface area (Å²) in [5.41, 5.74) is 0.304. The fourth-order valence-electron chi connectivity index (χ4n) is 0.441. The molecule has 0 aromatic heterocycles. The number of carbonyl (C=O) groups excluding carboxylic acids is 2. The van der Waals surface area contributed by atoms with Gasteiger partial charge in [-0.25, -0.2) is 9.59 Å². The molecule has 1 radical (unpaired) electrons. The van der Waals surface area contributed by atoms with Crippen molar-refractivity contribution < 1.29 is 42.4 Å². The molecule has 0 aliphatic heterocycles. The van der Waals surface area contributed by atoms with E-state index in [4.69, 9.17) is 0 Å². The maximum atomic E-state index is 10.8. The molecule has 0 saturated heterocycles. The molecule has 0 unspecified atom stereocenters. The minimum Gasteiger partial charge on any atom is -0.459 e. The van der Waals surface area contributed by atoms with Crippen LogP contribution < -0.4 is 0 Å². The summed E-state index contributed by atoms with van der Waals surface area (Å²) in [6.07, 6.45) is -0.800. The molecular formula is C8H12O5V. The molecule has 0 aliphatic rings. The van der Waals surface area contributed by atoms with E-state index in [0.717, 1.165) is 0 Å². The standard InChI is InChI=1S/C8H12O5.V/c1-6(2)7(9)12-4-5-13-8(10)11-3;/h1,4-5H2,2-3H3;. The predicted molar refractivity (Wildman–Crippen MR) is 44.1 cm³/mol. The summed E-state index contributed by atoms with van der Waals surface area (Å²) in [4.78, 5) is 21.2. The Morgan fingerprint density at radius 3 is 2.14 bits per heavy atom. The third-order valence-electron chi connectivity index (χ3n) is 1.05. The molecule has 0 spiro atoms. The van der Waals surface area contributed by atoms with Crippen molar-refractivity contribution in [1.82, 2.24) is 0 Å². The van der Waals surface area contributed by atoms with Gasteiger partial charge in [0.1, 0.15) is 13.2 Å². The Bertz CT molecular complexity index is 214. The number of methoxy groups -OCH3 is 1. The van der Waals surface area contributed by atoms with Crippen LogP contribution in [0.15, 0.2) is 12.2 Å². The van der Waals surface area contributed by atoms with Crippen LogP contribution in [0.4, 0.5) is 4.79 Å². The van der Waals surface area contributed by atoms with Crippen molar-refractivity contribution in [2.24, 2.45) is 0 Å². The average Bonchev–Trinajstić information content (AvgIpc) is 2.11. The molecule has 0 N–H and O–H groups in total. The average molecular weight is 239 g/mol. The molecule has 14 heavy (non-hydrogen) atoms. The van der Waals surface area contributed by atoms with Crippen molar-refractivity contribution in [3.8, 4) is 0 Å². The Kier molecular flexibility index (Phi) is 9.60. The fourth-order valence-corrected chi connectivity index (χ4v) is 0.441. The van der Waals surface area contributed by atoms with E-state index in [1.54, 1.807) is 0 Å². The molecular weight excluding hydrogens is 227 g/mol. The third kappa shape index (κ3) is 7.70. The van der Waals surface area contributed by atoms with E-state index >= 15 is 0 Å². The van der Waals surface area contributed by atoms with E-state index in [2.05, 4.69) is 20.8 Å². The molecule has 79 valence electrons. The fraction of sp³-hybridized carbons (Fsp3) is 0.500. The zero-order valence-electron chi connectivity index (χ0n) is 8.11. The van der Waals surface area contributed by atoms with Crippen molar-refractivity contribution in [2.45, 2.75) is 6.92 Å². The second-order valence-electron chi connectivity index (χ2n) is 2.22. The van der Waals surface area contributed by atoms with Crippen molar-refractivity contribution in [2.75, 3.05) is 20.3 Å². The summed E-state index contributed by atoms with van der Waals surface area (Å²) < 4.78 is 13.3. The number of hydrogen-bond donors (Lipinski definition) is 0. The smallest absolute Gasteiger partial charge is 0.459 e. The van der Waals surface area contributed by atoms with Gasteiger partial charge in [-0.1, -0.05) is 6.58 Å². The Morgan fingerprint density at radius 1 is 1.21 bits per heavy atom. The minimum atomic E-state index is -0.800. The van der Waals surface area contributed by atoms with Crippen LogP contribution in [0.5, 0.6) is 0 Å². The molecule has 0 rings (SSSR count). The number of rotatable bonds is 4.